The third kappa shape index (κ3) is 10.1. The van der Waals surface area contributed by atoms with E-state index in [-0.39, 0.29) is 58.5 Å². The number of fused-ring (bicyclic) bond motifs is 1. The van der Waals surface area contributed by atoms with Crippen LogP contribution in [0.1, 0.15) is 50.4 Å². The summed E-state index contributed by atoms with van der Waals surface area (Å²) in [6.07, 6.45) is 1.19. The van der Waals surface area contributed by atoms with Gasteiger partial charge >= 0.3 is 0 Å². The average molecular weight is 748 g/mol. The first kappa shape index (κ1) is 39.9. The van der Waals surface area contributed by atoms with E-state index in [2.05, 4.69) is 4.72 Å². The van der Waals surface area contributed by atoms with E-state index in [9.17, 15) is 26.7 Å². The zero-order valence-electron chi connectivity index (χ0n) is 29.9. The molecular weight excluding hydrogens is 699 g/mol. The number of likely N-dealkylation sites (N-methyl/N-ethyl adjacent to an activating group) is 1. The Morgan fingerprint density at radius 1 is 0.941 bits per heavy atom. The molecule has 0 unspecified atom stereocenters. The topological polar surface area (TPSA) is 161 Å². The first-order valence-corrected chi connectivity index (χ1v) is 19.7. The molecule has 0 fully saturated rings. The van der Waals surface area contributed by atoms with Gasteiger partial charge in [0.05, 0.1) is 54.4 Å². The van der Waals surface area contributed by atoms with Crippen molar-refractivity contribution in [2.45, 2.75) is 68.1 Å². The zero-order chi connectivity index (χ0) is 37.3. The lowest BCUT2D eigenvalue weighted by molar-refractivity contribution is -0.00833. The lowest BCUT2D eigenvalue weighted by Gasteiger charge is -2.35. The van der Waals surface area contributed by atoms with Crippen molar-refractivity contribution in [2.24, 2.45) is 5.92 Å². The highest BCUT2D eigenvalue weighted by molar-refractivity contribution is 7.92. The smallest absolute Gasteiger partial charge is 0.261 e. The Morgan fingerprint density at radius 2 is 1.55 bits per heavy atom. The van der Waals surface area contributed by atoms with E-state index in [1.54, 1.807) is 25.1 Å². The van der Waals surface area contributed by atoms with Crippen LogP contribution in [0.4, 0.5) is 5.69 Å². The van der Waals surface area contributed by atoms with Gasteiger partial charge in [0.1, 0.15) is 17.2 Å². The first-order chi connectivity index (χ1) is 24.2. The summed E-state index contributed by atoms with van der Waals surface area (Å²) >= 11 is 0. The van der Waals surface area contributed by atoms with Gasteiger partial charge in [0.2, 0.25) is 10.0 Å². The zero-order valence-corrected chi connectivity index (χ0v) is 31.6. The van der Waals surface area contributed by atoms with Gasteiger partial charge in [-0.2, -0.15) is 4.31 Å². The van der Waals surface area contributed by atoms with E-state index in [0.717, 1.165) is 6.42 Å². The fraction of sp³-hybridized carbons (Fsp3) is 0.472. The fourth-order valence-electron chi connectivity index (χ4n) is 5.70. The molecule has 1 heterocycles. The summed E-state index contributed by atoms with van der Waals surface area (Å²) in [5.41, 5.74) is 0.254. The van der Waals surface area contributed by atoms with Crippen molar-refractivity contribution in [1.82, 2.24) is 9.21 Å². The van der Waals surface area contributed by atoms with E-state index in [1.165, 1.54) is 79.0 Å². The third-order valence-electron chi connectivity index (χ3n) is 8.88. The molecule has 0 aliphatic carbocycles. The van der Waals surface area contributed by atoms with Gasteiger partial charge in [-0.3, -0.25) is 9.52 Å². The highest BCUT2D eigenvalue weighted by Crippen LogP contribution is 2.30. The molecule has 15 heteroatoms. The molecule has 280 valence electrons. The molecule has 51 heavy (non-hydrogen) atoms. The van der Waals surface area contributed by atoms with Gasteiger partial charge in [-0.05, 0) is 99.8 Å². The summed E-state index contributed by atoms with van der Waals surface area (Å²) in [5.74, 6) is 0.427. The molecule has 1 aliphatic rings. The Morgan fingerprint density at radius 3 is 2.14 bits per heavy atom. The maximum absolute atomic E-state index is 14.4. The van der Waals surface area contributed by atoms with Crippen LogP contribution in [-0.4, -0.2) is 103 Å². The van der Waals surface area contributed by atoms with Crippen LogP contribution in [-0.2, 0) is 24.8 Å². The maximum atomic E-state index is 14.4. The SMILES string of the molecule is COc1ccc(S(=O)(=O)Nc2ccc3c(c2)C(=O)N([C@H](C)CO)C[C@H](C)[C@@H](CN(C)S(=O)(=O)c2ccc(OC)cc2)OCCCC[C@H](C)O3)cc1. The fourth-order valence-corrected chi connectivity index (χ4v) is 7.93. The Labute approximate surface area is 301 Å². The molecule has 0 radical (unpaired) electrons. The minimum atomic E-state index is -4.03. The van der Waals surface area contributed by atoms with Crippen molar-refractivity contribution in [3.63, 3.8) is 0 Å². The minimum Gasteiger partial charge on any atom is -0.497 e. The van der Waals surface area contributed by atoms with Gasteiger partial charge in [-0.1, -0.05) is 6.92 Å². The summed E-state index contributed by atoms with van der Waals surface area (Å²) in [6.45, 7) is 5.58. The standard InChI is InChI=1S/C36H49N3O10S2/c1-25-22-39(26(2)24-40)36(41)33-21-28(37-50(42,43)31-15-11-29(46-5)12-16-31)10-19-34(33)49-27(3)9-7-8-20-48-35(25)23-38(4)51(44,45)32-17-13-30(47-6)14-18-32/h10-19,21,25-27,35,37,40H,7-9,20,22-24H2,1-6H3/t25-,26+,27-,35+/m0/s1. The number of benzene rings is 3. The number of sulfonamides is 2. The number of aliphatic hydroxyl groups is 1. The van der Waals surface area contributed by atoms with E-state index in [1.807, 2.05) is 13.8 Å². The molecule has 1 aliphatic heterocycles. The van der Waals surface area contributed by atoms with Crippen molar-refractivity contribution in [1.29, 1.82) is 0 Å². The van der Waals surface area contributed by atoms with Gasteiger partial charge < -0.3 is 29.0 Å². The number of aliphatic hydroxyl groups excluding tert-OH is 1. The van der Waals surface area contributed by atoms with Crippen molar-refractivity contribution in [2.75, 3.05) is 52.3 Å². The number of rotatable bonds is 11. The summed E-state index contributed by atoms with van der Waals surface area (Å²) < 4.78 is 80.3. The number of nitrogens with zero attached hydrogens (tertiary/aromatic N) is 2. The second-order valence-electron chi connectivity index (χ2n) is 12.8. The van der Waals surface area contributed by atoms with Gasteiger partial charge in [0.25, 0.3) is 15.9 Å². The molecule has 4 rings (SSSR count). The number of nitrogens with one attached hydrogen (secondary N) is 1. The van der Waals surface area contributed by atoms with E-state index in [0.29, 0.717) is 30.9 Å². The lowest BCUT2D eigenvalue weighted by Crippen LogP contribution is -2.48. The minimum absolute atomic E-state index is 0.00829. The van der Waals surface area contributed by atoms with Crippen LogP contribution in [0.3, 0.4) is 0 Å². The summed E-state index contributed by atoms with van der Waals surface area (Å²) in [4.78, 5) is 16.0. The van der Waals surface area contributed by atoms with Crippen LogP contribution in [0, 0.1) is 5.92 Å². The molecule has 1 amide bonds. The van der Waals surface area contributed by atoms with Crippen LogP contribution in [0.2, 0.25) is 0 Å². The first-order valence-electron chi connectivity index (χ1n) is 16.8. The predicted molar refractivity (Wildman–Crippen MR) is 193 cm³/mol. The highest BCUT2D eigenvalue weighted by atomic mass is 32.2. The Balaban J connectivity index is 1.66. The third-order valence-corrected chi connectivity index (χ3v) is 12.1. The molecular formula is C36H49N3O10S2. The number of ether oxygens (including phenoxy) is 4. The van der Waals surface area contributed by atoms with Crippen LogP contribution in [0.5, 0.6) is 17.2 Å². The highest BCUT2D eigenvalue weighted by Gasteiger charge is 2.32. The largest absolute Gasteiger partial charge is 0.497 e. The van der Waals surface area contributed by atoms with E-state index in [4.69, 9.17) is 18.9 Å². The molecule has 13 nitrogen and oxygen atoms in total. The molecule has 2 N–H and O–H groups in total. The summed E-state index contributed by atoms with van der Waals surface area (Å²) in [5, 5.41) is 10.3. The second-order valence-corrected chi connectivity index (χ2v) is 16.5. The van der Waals surface area contributed by atoms with Crippen molar-refractivity contribution in [3.05, 3.63) is 72.3 Å². The predicted octanol–water partition coefficient (Wildman–Crippen LogP) is 4.62. The number of methoxy groups -OCH3 is 2. The lowest BCUT2D eigenvalue weighted by atomic mass is 10.0. The molecule has 0 bridgehead atoms. The maximum Gasteiger partial charge on any atom is 0.261 e. The molecule has 0 aromatic heterocycles. The molecule has 0 saturated carbocycles. The molecule has 3 aromatic carbocycles. The Hall–Kier alpha value is -3.89. The van der Waals surface area contributed by atoms with Crippen molar-refractivity contribution < 1.29 is 45.7 Å². The van der Waals surface area contributed by atoms with Crippen LogP contribution in [0.25, 0.3) is 0 Å². The number of anilines is 1. The van der Waals surface area contributed by atoms with E-state index >= 15 is 0 Å². The summed E-state index contributed by atoms with van der Waals surface area (Å²) in [6, 6.07) is 15.9. The van der Waals surface area contributed by atoms with Crippen molar-refractivity contribution >= 4 is 31.6 Å². The van der Waals surface area contributed by atoms with E-state index < -0.39 is 38.1 Å². The number of carbonyl (C=O) groups excluding carboxylic acids is 1. The quantitative estimate of drug-likeness (QED) is 0.283. The number of carbonyl (C=O) groups is 1. The molecule has 0 spiro atoms. The van der Waals surface area contributed by atoms with Crippen LogP contribution >= 0.6 is 0 Å². The van der Waals surface area contributed by atoms with Gasteiger partial charge in [0.15, 0.2) is 0 Å². The second kappa shape index (κ2) is 17.6. The normalized spacial score (nSPS) is 20.1. The monoisotopic (exact) mass is 747 g/mol. The van der Waals surface area contributed by atoms with Crippen LogP contribution in [0.15, 0.2) is 76.5 Å². The van der Waals surface area contributed by atoms with Gasteiger partial charge in [-0.25, -0.2) is 16.8 Å². The molecule has 0 saturated heterocycles. The number of hydrogen-bond acceptors (Lipinski definition) is 10. The van der Waals surface area contributed by atoms with Crippen LogP contribution < -0.4 is 18.9 Å². The van der Waals surface area contributed by atoms with Gasteiger partial charge in [-0.15, -0.1) is 0 Å². The summed E-state index contributed by atoms with van der Waals surface area (Å²) in [7, 11) is -3.43. The Kier molecular flexibility index (Phi) is 13.7. The molecule has 3 aromatic rings. The molecule has 4 atom stereocenters. The average Bonchev–Trinajstić information content (AvgIpc) is 3.12. The number of amides is 1. The Bertz CT molecular complexity index is 1820. The van der Waals surface area contributed by atoms with Gasteiger partial charge in [0, 0.05) is 38.3 Å². The number of hydrogen-bond donors (Lipinski definition) is 2. The van der Waals surface area contributed by atoms with Crippen molar-refractivity contribution in [3.8, 4) is 17.2 Å².